The molecule has 0 N–H and O–H groups in total. The Morgan fingerprint density at radius 2 is 1.48 bits per heavy atom. The maximum Gasteiger partial charge on any atom is 0.233 e. The van der Waals surface area contributed by atoms with Crippen molar-refractivity contribution in [1.82, 2.24) is 15.1 Å². The van der Waals surface area contributed by atoms with Crippen molar-refractivity contribution in [3.63, 3.8) is 0 Å². The zero-order chi connectivity index (χ0) is 20.2. The van der Waals surface area contributed by atoms with Gasteiger partial charge in [-0.15, -0.1) is 10.2 Å². The number of anilines is 1. The summed E-state index contributed by atoms with van der Waals surface area (Å²) in [6.45, 7) is 1.59. The topological polar surface area (TPSA) is 66.4 Å². The van der Waals surface area contributed by atoms with Gasteiger partial charge < -0.3 is 4.90 Å². The molecule has 0 spiro atoms. The number of carbonyl (C=O) groups excluding carboxylic acids is 2. The van der Waals surface area contributed by atoms with E-state index in [-0.39, 0.29) is 17.9 Å². The molecule has 3 aliphatic carbocycles. The third kappa shape index (κ3) is 5.32. The first kappa shape index (κ1) is 21.1. The molecule has 2 amide bonds. The van der Waals surface area contributed by atoms with E-state index in [9.17, 15) is 9.59 Å². The van der Waals surface area contributed by atoms with Crippen molar-refractivity contribution in [2.45, 2.75) is 106 Å². The molecule has 6 nitrogen and oxygen atoms in total. The second kappa shape index (κ2) is 9.77. The molecule has 1 aromatic heterocycles. The van der Waals surface area contributed by atoms with Crippen molar-refractivity contribution < 1.29 is 9.59 Å². The molecule has 3 saturated carbocycles. The van der Waals surface area contributed by atoms with Gasteiger partial charge in [-0.2, -0.15) is 0 Å². The summed E-state index contributed by atoms with van der Waals surface area (Å²) in [6.07, 6.45) is 14.3. The maximum atomic E-state index is 13.3. The van der Waals surface area contributed by atoms with Gasteiger partial charge >= 0.3 is 0 Å². The Morgan fingerprint density at radius 3 is 2.00 bits per heavy atom. The molecule has 3 fully saturated rings. The molecule has 0 unspecified atom stereocenters. The van der Waals surface area contributed by atoms with E-state index in [0.29, 0.717) is 23.0 Å². The van der Waals surface area contributed by atoms with Gasteiger partial charge in [0.25, 0.3) is 0 Å². The van der Waals surface area contributed by atoms with Gasteiger partial charge in [0.1, 0.15) is 0 Å². The summed E-state index contributed by atoms with van der Waals surface area (Å²) >= 11 is 2.92. The summed E-state index contributed by atoms with van der Waals surface area (Å²) in [5, 5.41) is 9.15. The first-order valence-corrected chi connectivity index (χ1v) is 13.0. The summed E-state index contributed by atoms with van der Waals surface area (Å²) in [5.41, 5.74) is 0. The number of thioether (sulfide) groups is 1. The number of rotatable bonds is 7. The van der Waals surface area contributed by atoms with E-state index in [0.717, 1.165) is 42.9 Å². The van der Waals surface area contributed by atoms with Crippen molar-refractivity contribution in [3.8, 4) is 0 Å². The Balaban J connectivity index is 1.39. The fraction of sp³-hybridized carbons (Fsp3) is 0.810. The van der Waals surface area contributed by atoms with E-state index in [1.54, 1.807) is 11.8 Å². The van der Waals surface area contributed by atoms with Crippen LogP contribution in [0.25, 0.3) is 0 Å². The Hall–Kier alpha value is -1.15. The Kier molecular flexibility index (Phi) is 7.11. The molecule has 29 heavy (non-hydrogen) atoms. The quantitative estimate of drug-likeness (QED) is 0.460. The van der Waals surface area contributed by atoms with Crippen LogP contribution in [0.15, 0.2) is 4.34 Å². The van der Waals surface area contributed by atoms with Crippen LogP contribution in [0, 0.1) is 0 Å². The lowest BCUT2D eigenvalue weighted by atomic mass is 9.88. The highest BCUT2D eigenvalue weighted by atomic mass is 32.2. The van der Waals surface area contributed by atoms with Gasteiger partial charge in [-0.1, -0.05) is 61.6 Å². The van der Waals surface area contributed by atoms with Crippen molar-refractivity contribution in [1.29, 1.82) is 0 Å². The second-order valence-electron chi connectivity index (χ2n) is 8.64. The van der Waals surface area contributed by atoms with E-state index in [1.165, 1.54) is 61.6 Å². The molecule has 0 radical (unpaired) electrons. The van der Waals surface area contributed by atoms with Crippen LogP contribution in [0.1, 0.15) is 84.0 Å². The molecule has 3 aliphatic rings. The van der Waals surface area contributed by atoms with Crippen LogP contribution in [0.2, 0.25) is 0 Å². The second-order valence-corrected chi connectivity index (χ2v) is 10.8. The summed E-state index contributed by atoms with van der Waals surface area (Å²) in [6, 6.07) is 1.13. The molecule has 0 aliphatic heterocycles. The zero-order valence-electron chi connectivity index (χ0n) is 17.3. The van der Waals surface area contributed by atoms with Crippen LogP contribution in [-0.4, -0.2) is 50.8 Å². The van der Waals surface area contributed by atoms with E-state index < -0.39 is 0 Å². The largest absolute Gasteiger partial charge is 0.336 e. The van der Waals surface area contributed by atoms with Gasteiger partial charge in [-0.3, -0.25) is 14.5 Å². The number of aromatic nitrogens is 2. The SMILES string of the molecule is CC(=O)N(c1nnc(SCC(=O)N(C2CCCCC2)C2CCCCC2)s1)C1CC1. The van der Waals surface area contributed by atoms with Gasteiger partial charge in [0.05, 0.1) is 5.75 Å². The average molecular weight is 437 g/mol. The lowest BCUT2D eigenvalue weighted by Gasteiger charge is -2.41. The van der Waals surface area contributed by atoms with Crippen LogP contribution >= 0.6 is 23.1 Å². The molecule has 0 saturated heterocycles. The van der Waals surface area contributed by atoms with Crippen LogP contribution in [-0.2, 0) is 9.59 Å². The van der Waals surface area contributed by atoms with Crippen LogP contribution < -0.4 is 4.90 Å². The first-order chi connectivity index (χ1) is 14.1. The average Bonchev–Trinajstić information content (AvgIpc) is 3.45. The number of amides is 2. The highest BCUT2D eigenvalue weighted by molar-refractivity contribution is 8.01. The van der Waals surface area contributed by atoms with Gasteiger partial charge in [-0.25, -0.2) is 0 Å². The normalized spacial score (nSPS) is 21.1. The highest BCUT2D eigenvalue weighted by Gasteiger charge is 2.35. The summed E-state index contributed by atoms with van der Waals surface area (Å²) in [4.78, 5) is 29.2. The van der Waals surface area contributed by atoms with E-state index in [4.69, 9.17) is 0 Å². The standard InChI is InChI=1S/C21H32N4O2S2/c1-15(26)24(18-12-13-18)20-22-23-21(29-20)28-14-19(27)25(16-8-4-2-5-9-16)17-10-6-3-7-11-17/h16-18H,2-14H2,1H3. The predicted octanol–water partition coefficient (Wildman–Crippen LogP) is 4.64. The van der Waals surface area contributed by atoms with Gasteiger partial charge in [0, 0.05) is 25.0 Å². The summed E-state index contributed by atoms with van der Waals surface area (Å²) < 4.78 is 0.785. The van der Waals surface area contributed by atoms with Crippen molar-refractivity contribution in [2.24, 2.45) is 0 Å². The molecular weight excluding hydrogens is 404 g/mol. The molecule has 160 valence electrons. The number of carbonyl (C=O) groups is 2. The first-order valence-electron chi connectivity index (χ1n) is 11.2. The van der Waals surface area contributed by atoms with Crippen molar-refractivity contribution in [3.05, 3.63) is 0 Å². The minimum atomic E-state index is 0.0250. The van der Waals surface area contributed by atoms with Crippen LogP contribution in [0.4, 0.5) is 5.13 Å². The molecule has 4 rings (SSSR count). The Labute approximate surface area is 181 Å². The lowest BCUT2D eigenvalue weighted by Crippen LogP contribution is -2.49. The number of hydrogen-bond acceptors (Lipinski definition) is 6. The number of nitrogens with zero attached hydrogens (tertiary/aromatic N) is 4. The highest BCUT2D eigenvalue weighted by Crippen LogP contribution is 2.36. The van der Waals surface area contributed by atoms with Crippen LogP contribution in [0.3, 0.4) is 0 Å². The zero-order valence-corrected chi connectivity index (χ0v) is 19.0. The molecule has 8 heteroatoms. The third-order valence-corrected chi connectivity index (χ3v) is 8.44. The Morgan fingerprint density at radius 1 is 0.897 bits per heavy atom. The lowest BCUT2D eigenvalue weighted by molar-refractivity contribution is -0.135. The van der Waals surface area contributed by atoms with E-state index in [2.05, 4.69) is 15.1 Å². The van der Waals surface area contributed by atoms with E-state index >= 15 is 0 Å². The fourth-order valence-corrected chi connectivity index (χ4v) is 6.69. The fourth-order valence-electron chi connectivity index (χ4n) is 4.86. The molecule has 0 bridgehead atoms. The predicted molar refractivity (Wildman–Crippen MR) is 117 cm³/mol. The number of hydrogen-bond donors (Lipinski definition) is 0. The maximum absolute atomic E-state index is 13.3. The molecule has 0 atom stereocenters. The Bertz CT molecular complexity index is 691. The van der Waals surface area contributed by atoms with Crippen molar-refractivity contribution >= 4 is 40.0 Å². The van der Waals surface area contributed by atoms with Gasteiger partial charge in [0.2, 0.25) is 16.9 Å². The van der Waals surface area contributed by atoms with Gasteiger partial charge in [0.15, 0.2) is 4.34 Å². The minimum Gasteiger partial charge on any atom is -0.336 e. The third-order valence-electron chi connectivity index (χ3n) is 6.40. The molecular formula is C21H32N4O2S2. The summed E-state index contributed by atoms with van der Waals surface area (Å²) in [7, 11) is 0. The molecule has 1 heterocycles. The smallest absolute Gasteiger partial charge is 0.233 e. The van der Waals surface area contributed by atoms with Crippen LogP contribution in [0.5, 0.6) is 0 Å². The van der Waals surface area contributed by atoms with E-state index in [1.807, 2.05) is 0 Å². The van der Waals surface area contributed by atoms with Crippen molar-refractivity contribution in [2.75, 3.05) is 10.7 Å². The summed E-state index contributed by atoms with van der Waals surface area (Å²) in [5.74, 6) is 0.707. The molecule has 0 aromatic carbocycles. The minimum absolute atomic E-state index is 0.0250. The molecule has 1 aromatic rings. The monoisotopic (exact) mass is 436 g/mol. The van der Waals surface area contributed by atoms with Gasteiger partial charge in [-0.05, 0) is 38.5 Å².